The Kier molecular flexibility index (Phi) is 3.89. The molecule has 0 fully saturated rings. The molecular formula is C6H10O2S2. The highest BCUT2D eigenvalue weighted by Crippen LogP contribution is 2.25. The van der Waals surface area contributed by atoms with E-state index in [4.69, 9.17) is 5.11 Å². The zero-order valence-corrected chi connectivity index (χ0v) is 7.40. The van der Waals surface area contributed by atoms with Crippen molar-refractivity contribution in [1.82, 2.24) is 0 Å². The molecule has 0 aliphatic heterocycles. The third-order valence-corrected chi connectivity index (χ3v) is 1.46. The first-order chi connectivity index (χ1) is 4.48. The summed E-state index contributed by atoms with van der Waals surface area (Å²) < 4.78 is -0.819. The van der Waals surface area contributed by atoms with Crippen molar-refractivity contribution in [1.29, 1.82) is 0 Å². The smallest absolute Gasteiger partial charge is 0.305 e. The molecule has 0 aromatic heterocycles. The summed E-state index contributed by atoms with van der Waals surface area (Å²) in [7, 11) is 0. The van der Waals surface area contributed by atoms with Crippen LogP contribution in [-0.4, -0.2) is 15.2 Å². The number of hydrogen-bond donors (Lipinski definition) is 3. The summed E-state index contributed by atoms with van der Waals surface area (Å²) in [6, 6.07) is 0. The van der Waals surface area contributed by atoms with Crippen molar-refractivity contribution < 1.29 is 9.90 Å². The van der Waals surface area contributed by atoms with Crippen LogP contribution in [0.1, 0.15) is 13.3 Å². The minimum absolute atomic E-state index is 0.0798. The minimum atomic E-state index is -0.900. The number of hydrogen-bond acceptors (Lipinski definition) is 3. The van der Waals surface area contributed by atoms with Crippen LogP contribution in [0.4, 0.5) is 0 Å². The molecule has 58 valence electrons. The zero-order chi connectivity index (χ0) is 8.20. The van der Waals surface area contributed by atoms with Gasteiger partial charge in [0, 0.05) is 0 Å². The first-order valence-electron chi connectivity index (χ1n) is 2.78. The average molecular weight is 178 g/mol. The van der Waals surface area contributed by atoms with Crippen LogP contribution in [0.2, 0.25) is 0 Å². The van der Waals surface area contributed by atoms with Crippen LogP contribution in [0.5, 0.6) is 0 Å². The van der Waals surface area contributed by atoms with Gasteiger partial charge in [0.25, 0.3) is 0 Å². The van der Waals surface area contributed by atoms with Gasteiger partial charge in [-0.15, -0.1) is 0 Å². The van der Waals surface area contributed by atoms with Crippen LogP contribution in [0.25, 0.3) is 0 Å². The second kappa shape index (κ2) is 3.93. The molecule has 0 aromatic carbocycles. The van der Waals surface area contributed by atoms with Gasteiger partial charge in [0.05, 0.1) is 10.5 Å². The standard InChI is InChI=1S/C6H10O2S2/c1-2-3-6(9,10)4-5(7)8/h2-3,9-10H,4H2,1H3,(H,7,8). The van der Waals surface area contributed by atoms with Crippen LogP contribution in [-0.2, 0) is 4.79 Å². The van der Waals surface area contributed by atoms with Crippen molar-refractivity contribution in [3.8, 4) is 0 Å². The fourth-order valence-corrected chi connectivity index (χ4v) is 1.12. The van der Waals surface area contributed by atoms with E-state index in [0.717, 1.165) is 0 Å². The van der Waals surface area contributed by atoms with E-state index in [0.29, 0.717) is 0 Å². The molecule has 0 aliphatic carbocycles. The Morgan fingerprint density at radius 1 is 1.70 bits per heavy atom. The van der Waals surface area contributed by atoms with E-state index in [1.54, 1.807) is 19.1 Å². The molecule has 0 spiro atoms. The predicted molar refractivity (Wildman–Crippen MR) is 47.8 cm³/mol. The van der Waals surface area contributed by atoms with Gasteiger partial charge < -0.3 is 5.11 Å². The SMILES string of the molecule is CC=CC(S)(S)CC(=O)O. The largest absolute Gasteiger partial charge is 0.481 e. The van der Waals surface area contributed by atoms with E-state index < -0.39 is 10.0 Å². The maximum Gasteiger partial charge on any atom is 0.305 e. The Bertz CT molecular complexity index is 152. The molecule has 0 amide bonds. The van der Waals surface area contributed by atoms with Crippen molar-refractivity contribution in [3.63, 3.8) is 0 Å². The molecule has 0 bridgehead atoms. The van der Waals surface area contributed by atoms with Gasteiger partial charge in [0.1, 0.15) is 0 Å². The third kappa shape index (κ3) is 4.76. The molecule has 1 N–H and O–H groups in total. The number of carboxylic acids is 1. The van der Waals surface area contributed by atoms with Crippen molar-refractivity contribution in [2.45, 2.75) is 17.4 Å². The lowest BCUT2D eigenvalue weighted by Crippen LogP contribution is -2.14. The summed E-state index contributed by atoms with van der Waals surface area (Å²) >= 11 is 8.01. The van der Waals surface area contributed by atoms with Crippen LogP contribution >= 0.6 is 25.3 Å². The zero-order valence-electron chi connectivity index (χ0n) is 5.61. The Balaban J connectivity index is 3.99. The highest BCUT2D eigenvalue weighted by atomic mass is 32.2. The summed E-state index contributed by atoms with van der Waals surface area (Å²) in [5, 5.41) is 8.34. The van der Waals surface area contributed by atoms with Gasteiger partial charge >= 0.3 is 5.97 Å². The van der Waals surface area contributed by atoms with Crippen molar-refractivity contribution in [2.75, 3.05) is 0 Å². The lowest BCUT2D eigenvalue weighted by molar-refractivity contribution is -0.136. The maximum absolute atomic E-state index is 10.2. The average Bonchev–Trinajstić information content (AvgIpc) is 1.59. The summed E-state index contributed by atoms with van der Waals surface area (Å²) in [6.45, 7) is 1.79. The van der Waals surface area contributed by atoms with Gasteiger partial charge in [-0.05, 0) is 6.92 Å². The van der Waals surface area contributed by atoms with Crippen LogP contribution in [0, 0.1) is 0 Å². The molecule has 0 heterocycles. The van der Waals surface area contributed by atoms with E-state index in [2.05, 4.69) is 25.3 Å². The quantitative estimate of drug-likeness (QED) is 0.349. The predicted octanol–water partition coefficient (Wildman–Crippen LogP) is 1.59. The van der Waals surface area contributed by atoms with Crippen LogP contribution in [0.15, 0.2) is 12.2 Å². The maximum atomic E-state index is 10.2. The molecule has 0 saturated carbocycles. The van der Waals surface area contributed by atoms with Gasteiger partial charge in [-0.25, -0.2) is 0 Å². The summed E-state index contributed by atoms with van der Waals surface area (Å²) in [5.74, 6) is -0.900. The number of carbonyl (C=O) groups is 1. The van der Waals surface area contributed by atoms with Gasteiger partial charge in [0.15, 0.2) is 0 Å². The van der Waals surface area contributed by atoms with Gasteiger partial charge in [0.2, 0.25) is 0 Å². The second-order valence-corrected chi connectivity index (χ2v) is 3.90. The Labute approximate surface area is 71.1 Å². The molecule has 0 aromatic rings. The molecule has 0 saturated heterocycles. The molecular weight excluding hydrogens is 168 g/mol. The lowest BCUT2D eigenvalue weighted by Gasteiger charge is -2.13. The van der Waals surface area contributed by atoms with E-state index in [-0.39, 0.29) is 6.42 Å². The molecule has 0 atom stereocenters. The lowest BCUT2D eigenvalue weighted by atomic mass is 10.3. The van der Waals surface area contributed by atoms with Crippen molar-refractivity contribution >= 4 is 31.2 Å². The molecule has 10 heavy (non-hydrogen) atoms. The number of rotatable bonds is 3. The Morgan fingerprint density at radius 3 is 2.50 bits per heavy atom. The second-order valence-electron chi connectivity index (χ2n) is 1.95. The number of aliphatic carboxylic acids is 1. The Morgan fingerprint density at radius 2 is 2.20 bits per heavy atom. The number of allylic oxidation sites excluding steroid dienone is 1. The fourth-order valence-electron chi connectivity index (χ4n) is 0.548. The number of thiol groups is 2. The van der Waals surface area contributed by atoms with Gasteiger partial charge in [-0.3, -0.25) is 4.79 Å². The van der Waals surface area contributed by atoms with Crippen LogP contribution < -0.4 is 0 Å². The van der Waals surface area contributed by atoms with Crippen molar-refractivity contribution in [3.05, 3.63) is 12.2 Å². The summed E-state index contributed by atoms with van der Waals surface area (Å²) in [6.07, 6.45) is 3.28. The van der Waals surface area contributed by atoms with Crippen molar-refractivity contribution in [2.24, 2.45) is 0 Å². The highest BCUT2D eigenvalue weighted by Gasteiger charge is 2.19. The van der Waals surface area contributed by atoms with E-state index in [9.17, 15) is 4.79 Å². The third-order valence-electron chi connectivity index (χ3n) is 0.845. The van der Waals surface area contributed by atoms with Gasteiger partial charge in [-0.1, -0.05) is 12.2 Å². The molecule has 0 rings (SSSR count). The molecule has 0 aliphatic rings. The Hall–Kier alpha value is -0.0900. The van der Waals surface area contributed by atoms with E-state index >= 15 is 0 Å². The summed E-state index contributed by atoms with van der Waals surface area (Å²) in [5.41, 5.74) is 0. The molecule has 0 unspecified atom stereocenters. The first kappa shape index (κ1) is 9.91. The first-order valence-corrected chi connectivity index (χ1v) is 3.68. The fraction of sp³-hybridized carbons (Fsp3) is 0.500. The monoisotopic (exact) mass is 178 g/mol. The summed E-state index contributed by atoms with van der Waals surface area (Å²) in [4.78, 5) is 10.2. The molecule has 0 radical (unpaired) electrons. The van der Waals surface area contributed by atoms with E-state index in [1.165, 1.54) is 0 Å². The normalized spacial score (nSPS) is 12.3. The number of carboxylic acid groups (broad SMARTS) is 1. The van der Waals surface area contributed by atoms with E-state index in [1.807, 2.05) is 0 Å². The van der Waals surface area contributed by atoms with Crippen LogP contribution in [0.3, 0.4) is 0 Å². The highest BCUT2D eigenvalue weighted by molar-refractivity contribution is 8.00. The van der Waals surface area contributed by atoms with Gasteiger partial charge in [-0.2, -0.15) is 25.3 Å². The minimum Gasteiger partial charge on any atom is -0.481 e. The molecule has 4 heteroatoms. The molecule has 2 nitrogen and oxygen atoms in total. The topological polar surface area (TPSA) is 37.3 Å².